The van der Waals surface area contributed by atoms with Gasteiger partial charge in [-0.3, -0.25) is 4.79 Å². The number of aromatic nitrogens is 1. The summed E-state index contributed by atoms with van der Waals surface area (Å²) in [6.07, 6.45) is 0. The average molecular weight is 286 g/mol. The number of rotatable bonds is 1. The first kappa shape index (κ1) is 8.16. The van der Waals surface area contributed by atoms with E-state index in [9.17, 15) is 4.79 Å². The predicted molar refractivity (Wildman–Crippen MR) is 46.0 cm³/mol. The molecule has 1 heterocycles. The van der Waals surface area contributed by atoms with Crippen LogP contribution in [0, 0.1) is 0 Å². The van der Waals surface area contributed by atoms with Gasteiger partial charge in [0, 0.05) is 0 Å². The summed E-state index contributed by atoms with van der Waals surface area (Å²) < 4.78 is 5.09. The molecule has 1 aromatic rings. The maximum Gasteiger partial charge on any atom is 0.261 e. The largest absolute Gasteiger partial charge is 0.365 e. The predicted octanol–water partition coefficient (Wildman–Crippen LogP) is 1.77. The van der Waals surface area contributed by atoms with Gasteiger partial charge in [-0.1, -0.05) is 0 Å². The second-order valence-electron chi connectivity index (χ2n) is 1.48. The highest BCUT2D eigenvalue weighted by Crippen LogP contribution is 2.28. The van der Waals surface area contributed by atoms with Crippen LogP contribution >= 0.6 is 43.4 Å². The van der Waals surface area contributed by atoms with Crippen LogP contribution in [0.1, 0.15) is 9.67 Å². The maximum atomic E-state index is 10.6. The molecule has 0 aliphatic heterocycles. The number of carbonyl (C=O) groups excluding carboxylic acids is 1. The summed E-state index contributed by atoms with van der Waals surface area (Å²) in [5.74, 6) is -0.463. The summed E-state index contributed by atoms with van der Waals surface area (Å²) >= 11 is 7.35. The van der Waals surface area contributed by atoms with Gasteiger partial charge in [-0.2, -0.15) is 4.37 Å². The van der Waals surface area contributed by atoms with Crippen molar-refractivity contribution in [2.75, 3.05) is 0 Å². The molecule has 0 aliphatic carbocycles. The quantitative estimate of drug-likeness (QED) is 0.855. The zero-order chi connectivity index (χ0) is 7.72. The van der Waals surface area contributed by atoms with Gasteiger partial charge in [0.05, 0.1) is 4.47 Å². The van der Waals surface area contributed by atoms with Crippen LogP contribution in [0.3, 0.4) is 0 Å². The van der Waals surface area contributed by atoms with E-state index in [0.29, 0.717) is 14.0 Å². The molecule has 1 amide bonds. The van der Waals surface area contributed by atoms with Crippen molar-refractivity contribution in [3.63, 3.8) is 0 Å². The molecule has 10 heavy (non-hydrogen) atoms. The molecule has 6 heteroatoms. The van der Waals surface area contributed by atoms with Crippen molar-refractivity contribution in [1.29, 1.82) is 0 Å². The minimum Gasteiger partial charge on any atom is -0.365 e. The molecular weight excluding hydrogens is 284 g/mol. The van der Waals surface area contributed by atoms with E-state index in [2.05, 4.69) is 36.2 Å². The maximum absolute atomic E-state index is 10.6. The Morgan fingerprint density at radius 1 is 1.60 bits per heavy atom. The van der Waals surface area contributed by atoms with Gasteiger partial charge < -0.3 is 5.73 Å². The van der Waals surface area contributed by atoms with Gasteiger partial charge in [0.2, 0.25) is 0 Å². The van der Waals surface area contributed by atoms with E-state index < -0.39 is 5.91 Å². The molecule has 0 spiro atoms. The van der Waals surface area contributed by atoms with Crippen LogP contribution in [-0.2, 0) is 0 Å². The molecule has 0 unspecified atom stereocenters. The Labute approximate surface area is 78.0 Å². The van der Waals surface area contributed by atoms with E-state index in [-0.39, 0.29) is 0 Å². The van der Waals surface area contributed by atoms with Gasteiger partial charge >= 0.3 is 0 Å². The Bertz CT molecular complexity index is 272. The number of nitrogens with zero attached hydrogens (tertiary/aromatic N) is 1. The van der Waals surface area contributed by atoms with E-state index in [1.54, 1.807) is 0 Å². The first-order valence-corrected chi connectivity index (χ1v) is 4.59. The summed E-state index contributed by atoms with van der Waals surface area (Å²) in [7, 11) is 0. The number of halogens is 2. The molecule has 0 fully saturated rings. The van der Waals surface area contributed by atoms with E-state index in [4.69, 9.17) is 5.73 Å². The fourth-order valence-corrected chi connectivity index (χ4v) is 2.11. The summed E-state index contributed by atoms with van der Waals surface area (Å²) in [6.45, 7) is 0. The van der Waals surface area contributed by atoms with Crippen LogP contribution in [0.4, 0.5) is 0 Å². The standard InChI is InChI=1S/C4H2Br2N2OS/c5-1-2(4(7)9)10-8-3(1)6/h(H2,7,9). The van der Waals surface area contributed by atoms with Crippen LogP contribution in [-0.4, -0.2) is 10.3 Å². The van der Waals surface area contributed by atoms with E-state index in [1.165, 1.54) is 0 Å². The lowest BCUT2D eigenvalue weighted by Crippen LogP contribution is -2.09. The zero-order valence-electron chi connectivity index (χ0n) is 4.60. The zero-order valence-corrected chi connectivity index (χ0v) is 8.59. The third kappa shape index (κ3) is 1.38. The van der Waals surface area contributed by atoms with Crippen LogP contribution in [0.25, 0.3) is 0 Å². The Balaban J connectivity index is 3.17. The number of hydrogen-bond donors (Lipinski definition) is 1. The first-order valence-electron chi connectivity index (χ1n) is 2.23. The van der Waals surface area contributed by atoms with Crippen LogP contribution < -0.4 is 5.73 Å². The first-order chi connectivity index (χ1) is 4.63. The van der Waals surface area contributed by atoms with Crippen LogP contribution in [0.5, 0.6) is 0 Å². The minimum absolute atomic E-state index is 0.437. The Morgan fingerprint density at radius 2 is 2.20 bits per heavy atom. The monoisotopic (exact) mass is 284 g/mol. The number of carbonyl (C=O) groups is 1. The van der Waals surface area contributed by atoms with Gasteiger partial charge in [-0.15, -0.1) is 0 Å². The highest BCUT2D eigenvalue weighted by molar-refractivity contribution is 9.13. The summed E-state index contributed by atoms with van der Waals surface area (Å²) in [6, 6.07) is 0. The third-order valence-electron chi connectivity index (χ3n) is 0.821. The molecule has 0 saturated heterocycles. The molecule has 2 N–H and O–H groups in total. The van der Waals surface area contributed by atoms with Crippen molar-refractivity contribution >= 4 is 49.3 Å². The van der Waals surface area contributed by atoms with Gasteiger partial charge in [0.15, 0.2) is 0 Å². The second-order valence-corrected chi connectivity index (χ2v) is 3.80. The molecular formula is C4H2Br2N2OS. The topological polar surface area (TPSA) is 56.0 Å². The van der Waals surface area contributed by atoms with Crippen molar-refractivity contribution in [3.8, 4) is 0 Å². The van der Waals surface area contributed by atoms with E-state index in [1.807, 2.05) is 0 Å². The fraction of sp³-hybridized carbons (Fsp3) is 0. The normalized spacial score (nSPS) is 9.80. The molecule has 54 valence electrons. The molecule has 3 nitrogen and oxygen atoms in total. The summed E-state index contributed by atoms with van der Waals surface area (Å²) in [5, 5.41) is 0. The number of primary amides is 1. The van der Waals surface area contributed by atoms with Gasteiger partial charge in [0.25, 0.3) is 5.91 Å². The molecule has 0 aromatic carbocycles. The van der Waals surface area contributed by atoms with Gasteiger partial charge in [-0.05, 0) is 43.4 Å². The smallest absolute Gasteiger partial charge is 0.261 e. The van der Waals surface area contributed by atoms with E-state index >= 15 is 0 Å². The van der Waals surface area contributed by atoms with Crippen molar-refractivity contribution in [2.45, 2.75) is 0 Å². The Kier molecular flexibility index (Phi) is 2.43. The lowest BCUT2D eigenvalue weighted by atomic mass is 10.5. The molecule has 0 saturated carbocycles. The number of nitrogens with two attached hydrogens (primary N) is 1. The number of hydrogen-bond acceptors (Lipinski definition) is 3. The molecule has 0 radical (unpaired) electrons. The third-order valence-corrected chi connectivity index (χ3v) is 4.06. The lowest BCUT2D eigenvalue weighted by molar-refractivity contribution is 0.100. The molecule has 0 bridgehead atoms. The molecule has 1 rings (SSSR count). The SMILES string of the molecule is NC(=O)c1snc(Br)c1Br. The number of amides is 1. The van der Waals surface area contributed by atoms with Crippen molar-refractivity contribution in [2.24, 2.45) is 5.73 Å². The van der Waals surface area contributed by atoms with Crippen molar-refractivity contribution in [3.05, 3.63) is 14.0 Å². The average Bonchev–Trinajstić information content (AvgIpc) is 2.14. The molecule has 1 aromatic heterocycles. The van der Waals surface area contributed by atoms with Gasteiger partial charge in [0.1, 0.15) is 9.48 Å². The van der Waals surface area contributed by atoms with Gasteiger partial charge in [-0.25, -0.2) is 0 Å². The highest BCUT2D eigenvalue weighted by atomic mass is 79.9. The van der Waals surface area contributed by atoms with E-state index in [0.717, 1.165) is 11.5 Å². The Hall–Kier alpha value is 0.0600. The second kappa shape index (κ2) is 2.98. The molecule has 0 aliphatic rings. The Morgan fingerprint density at radius 3 is 2.40 bits per heavy atom. The summed E-state index contributed by atoms with van der Waals surface area (Å²) in [5.41, 5.74) is 5.01. The van der Waals surface area contributed by atoms with Crippen molar-refractivity contribution in [1.82, 2.24) is 4.37 Å². The van der Waals surface area contributed by atoms with Crippen molar-refractivity contribution < 1.29 is 4.79 Å². The minimum atomic E-state index is -0.463. The molecule has 0 atom stereocenters. The highest BCUT2D eigenvalue weighted by Gasteiger charge is 2.12. The van der Waals surface area contributed by atoms with Crippen LogP contribution in [0.2, 0.25) is 0 Å². The summed E-state index contributed by atoms with van der Waals surface area (Å²) in [4.78, 5) is 11.0. The van der Waals surface area contributed by atoms with Crippen LogP contribution in [0.15, 0.2) is 9.08 Å². The fourth-order valence-electron chi connectivity index (χ4n) is 0.413. The lowest BCUT2D eigenvalue weighted by Gasteiger charge is -1.85.